The molecule has 0 spiro atoms. The summed E-state index contributed by atoms with van der Waals surface area (Å²) in [6.07, 6.45) is 1.42. The Labute approximate surface area is 112 Å². The molecule has 5 heteroatoms. The first-order chi connectivity index (χ1) is 8.96. The third-order valence-electron chi connectivity index (χ3n) is 2.55. The van der Waals surface area contributed by atoms with Crippen molar-refractivity contribution in [1.29, 1.82) is 0 Å². The third kappa shape index (κ3) is 3.72. The fraction of sp³-hybridized carbons (Fsp3) is 0.357. The molecule has 2 aromatic rings. The van der Waals surface area contributed by atoms with Gasteiger partial charge in [-0.1, -0.05) is 12.1 Å². The monoisotopic (exact) mass is 261 g/mol. The van der Waals surface area contributed by atoms with Crippen LogP contribution in [0.3, 0.4) is 0 Å². The van der Waals surface area contributed by atoms with Gasteiger partial charge in [-0.15, -0.1) is 0 Å². The van der Waals surface area contributed by atoms with Gasteiger partial charge in [0.05, 0.1) is 0 Å². The maximum Gasteiger partial charge on any atom is 0.422 e. The smallest absolute Gasteiger partial charge is 0.422 e. The van der Waals surface area contributed by atoms with Crippen LogP contribution in [0.25, 0.3) is 10.9 Å². The highest BCUT2D eigenvalue weighted by Crippen LogP contribution is 2.16. The van der Waals surface area contributed by atoms with E-state index in [1.807, 2.05) is 51.2 Å². The summed E-state index contributed by atoms with van der Waals surface area (Å²) in [6, 6.07) is 8.02. The molecule has 0 radical (unpaired) electrons. The van der Waals surface area contributed by atoms with Crippen molar-refractivity contribution >= 4 is 17.0 Å². The first-order valence-corrected chi connectivity index (χ1v) is 6.22. The molecule has 0 atom stereocenters. The normalized spacial score (nSPS) is 11.5. The highest BCUT2D eigenvalue weighted by molar-refractivity contribution is 5.82. The Morgan fingerprint density at radius 3 is 2.84 bits per heavy atom. The van der Waals surface area contributed by atoms with Crippen LogP contribution in [0.15, 0.2) is 30.5 Å². The molecule has 1 amide bonds. The molecule has 19 heavy (non-hydrogen) atoms. The van der Waals surface area contributed by atoms with Crippen molar-refractivity contribution in [3.8, 4) is 0 Å². The number of carbonyl (C=O) groups is 1. The molecule has 0 saturated heterocycles. The number of hydrogen-bond acceptors (Lipinski definition) is 3. The van der Waals surface area contributed by atoms with Gasteiger partial charge in [0.2, 0.25) is 0 Å². The van der Waals surface area contributed by atoms with Gasteiger partial charge in [0.25, 0.3) is 0 Å². The number of benzene rings is 1. The van der Waals surface area contributed by atoms with Crippen LogP contribution in [0.5, 0.6) is 0 Å². The van der Waals surface area contributed by atoms with Crippen LogP contribution in [0.2, 0.25) is 0 Å². The molecule has 102 valence electrons. The number of amides is 1. The molecule has 0 aliphatic rings. The van der Waals surface area contributed by atoms with Crippen molar-refractivity contribution in [3.05, 3.63) is 36.0 Å². The zero-order valence-electron chi connectivity index (χ0n) is 11.4. The van der Waals surface area contributed by atoms with E-state index in [2.05, 4.69) is 15.8 Å². The molecule has 0 bridgehead atoms. The number of H-pyrrole nitrogens is 1. The lowest BCUT2D eigenvalue weighted by atomic mass is 10.1. The molecule has 2 rings (SSSR count). The van der Waals surface area contributed by atoms with E-state index in [1.165, 1.54) is 0 Å². The second-order valence-corrected chi connectivity index (χ2v) is 5.34. The first kappa shape index (κ1) is 13.4. The summed E-state index contributed by atoms with van der Waals surface area (Å²) in [5.74, 6) is 0. The Kier molecular flexibility index (Phi) is 3.76. The zero-order valence-corrected chi connectivity index (χ0v) is 11.4. The van der Waals surface area contributed by atoms with E-state index >= 15 is 0 Å². The average molecular weight is 261 g/mol. The van der Waals surface area contributed by atoms with Crippen LogP contribution in [0.1, 0.15) is 26.3 Å². The van der Waals surface area contributed by atoms with Gasteiger partial charge in [-0.2, -0.15) is 0 Å². The zero-order chi connectivity index (χ0) is 13.9. The minimum atomic E-state index is -0.494. The summed E-state index contributed by atoms with van der Waals surface area (Å²) in [5, 5.41) is 1.14. The minimum absolute atomic E-state index is 0.478. The van der Waals surface area contributed by atoms with Crippen LogP contribution in [0, 0.1) is 0 Å². The summed E-state index contributed by atoms with van der Waals surface area (Å²) in [6.45, 7) is 6.02. The van der Waals surface area contributed by atoms with Crippen LogP contribution in [-0.2, 0) is 11.3 Å². The van der Waals surface area contributed by atoms with Gasteiger partial charge in [-0.3, -0.25) is 5.43 Å². The molecular weight excluding hydrogens is 242 g/mol. The molecule has 1 heterocycles. The van der Waals surface area contributed by atoms with Crippen LogP contribution in [0.4, 0.5) is 4.79 Å². The van der Waals surface area contributed by atoms with Gasteiger partial charge in [0.1, 0.15) is 5.60 Å². The number of rotatable bonds is 3. The van der Waals surface area contributed by atoms with Crippen molar-refractivity contribution in [2.75, 3.05) is 0 Å². The van der Waals surface area contributed by atoms with E-state index in [4.69, 9.17) is 4.74 Å². The summed E-state index contributed by atoms with van der Waals surface area (Å²) in [4.78, 5) is 14.6. The summed E-state index contributed by atoms with van der Waals surface area (Å²) in [5.41, 5.74) is 7.08. The molecule has 1 aromatic carbocycles. The van der Waals surface area contributed by atoms with E-state index < -0.39 is 11.7 Å². The van der Waals surface area contributed by atoms with Gasteiger partial charge in [-0.05, 0) is 38.5 Å². The van der Waals surface area contributed by atoms with Crippen molar-refractivity contribution in [1.82, 2.24) is 15.8 Å². The van der Waals surface area contributed by atoms with Crippen molar-refractivity contribution in [3.63, 3.8) is 0 Å². The molecule has 0 unspecified atom stereocenters. The quantitative estimate of drug-likeness (QED) is 0.744. The van der Waals surface area contributed by atoms with E-state index in [-0.39, 0.29) is 0 Å². The number of hydrazine groups is 1. The number of nitrogens with one attached hydrogen (secondary N) is 3. The van der Waals surface area contributed by atoms with Crippen LogP contribution < -0.4 is 10.9 Å². The lowest BCUT2D eigenvalue weighted by Gasteiger charge is -2.19. The fourth-order valence-electron chi connectivity index (χ4n) is 1.82. The Morgan fingerprint density at radius 1 is 1.32 bits per heavy atom. The SMILES string of the molecule is CC(C)(C)OC(=O)NNCc1cccc2[nH]ccc12. The summed E-state index contributed by atoms with van der Waals surface area (Å²) >= 11 is 0. The standard InChI is InChI=1S/C14H19N3O2/c1-14(2,3)19-13(18)17-16-9-10-5-4-6-12-11(10)7-8-15-12/h4-8,15-16H,9H2,1-3H3,(H,17,18). The predicted octanol–water partition coefficient (Wildman–Crippen LogP) is 2.70. The number of ether oxygens (including phenoxy) is 1. The molecule has 0 saturated carbocycles. The van der Waals surface area contributed by atoms with Crippen molar-refractivity contribution in [2.24, 2.45) is 0 Å². The molecule has 5 nitrogen and oxygen atoms in total. The van der Waals surface area contributed by atoms with Crippen molar-refractivity contribution < 1.29 is 9.53 Å². The van der Waals surface area contributed by atoms with Gasteiger partial charge in [0, 0.05) is 23.6 Å². The molecule has 0 aliphatic heterocycles. The van der Waals surface area contributed by atoms with Crippen molar-refractivity contribution in [2.45, 2.75) is 32.9 Å². The predicted molar refractivity (Wildman–Crippen MR) is 74.5 cm³/mol. The largest absolute Gasteiger partial charge is 0.443 e. The number of fused-ring (bicyclic) bond motifs is 1. The fourth-order valence-corrected chi connectivity index (χ4v) is 1.82. The highest BCUT2D eigenvalue weighted by Gasteiger charge is 2.15. The molecule has 0 fully saturated rings. The van der Waals surface area contributed by atoms with E-state index in [1.54, 1.807) is 0 Å². The Bertz CT molecular complexity index is 569. The number of carbonyl (C=O) groups excluding carboxylic acids is 1. The van der Waals surface area contributed by atoms with E-state index in [0.717, 1.165) is 16.5 Å². The summed E-state index contributed by atoms with van der Waals surface area (Å²) < 4.78 is 5.13. The molecule has 0 aliphatic carbocycles. The number of aromatic amines is 1. The minimum Gasteiger partial charge on any atom is -0.443 e. The van der Waals surface area contributed by atoms with E-state index in [0.29, 0.717) is 6.54 Å². The molecule has 3 N–H and O–H groups in total. The van der Waals surface area contributed by atoms with Gasteiger partial charge < -0.3 is 9.72 Å². The lowest BCUT2D eigenvalue weighted by molar-refractivity contribution is 0.0497. The molecular formula is C14H19N3O2. The van der Waals surface area contributed by atoms with Crippen LogP contribution >= 0.6 is 0 Å². The molecule has 1 aromatic heterocycles. The second-order valence-electron chi connectivity index (χ2n) is 5.34. The highest BCUT2D eigenvalue weighted by atomic mass is 16.6. The first-order valence-electron chi connectivity index (χ1n) is 6.22. The Morgan fingerprint density at radius 2 is 2.11 bits per heavy atom. The number of aromatic nitrogens is 1. The van der Waals surface area contributed by atoms with Gasteiger partial charge in [0.15, 0.2) is 0 Å². The topological polar surface area (TPSA) is 66.2 Å². The maximum atomic E-state index is 11.5. The Hall–Kier alpha value is -2.01. The second kappa shape index (κ2) is 5.32. The van der Waals surface area contributed by atoms with Crippen LogP contribution in [-0.4, -0.2) is 16.7 Å². The summed E-state index contributed by atoms with van der Waals surface area (Å²) in [7, 11) is 0. The average Bonchev–Trinajstić information content (AvgIpc) is 2.75. The third-order valence-corrected chi connectivity index (χ3v) is 2.55. The van der Waals surface area contributed by atoms with Gasteiger partial charge >= 0.3 is 6.09 Å². The van der Waals surface area contributed by atoms with Gasteiger partial charge in [-0.25, -0.2) is 10.2 Å². The maximum absolute atomic E-state index is 11.5. The van der Waals surface area contributed by atoms with E-state index in [9.17, 15) is 4.79 Å². The number of hydrogen-bond donors (Lipinski definition) is 3. The lowest BCUT2D eigenvalue weighted by Crippen LogP contribution is -2.40. The Balaban J connectivity index is 1.89.